The summed E-state index contributed by atoms with van der Waals surface area (Å²) in [6, 6.07) is 0. The van der Waals surface area contributed by atoms with E-state index in [0.717, 1.165) is 17.7 Å². The Labute approximate surface area is 89.5 Å². The standard InChI is InChI=1S/C10H15ClN2O/c1-4-8-7(3)12-9(6-14-5-2)13-10(8)11/h4-6H2,1-3H3. The van der Waals surface area contributed by atoms with Crippen molar-refractivity contribution >= 4 is 11.6 Å². The Bertz CT molecular complexity index is 292. The van der Waals surface area contributed by atoms with Crippen LogP contribution >= 0.6 is 11.6 Å². The molecule has 0 fully saturated rings. The summed E-state index contributed by atoms with van der Waals surface area (Å²) in [6.07, 6.45) is 0.861. The first kappa shape index (κ1) is 11.4. The maximum Gasteiger partial charge on any atom is 0.155 e. The van der Waals surface area contributed by atoms with Gasteiger partial charge in [0.25, 0.3) is 0 Å². The highest BCUT2D eigenvalue weighted by Crippen LogP contribution is 2.16. The van der Waals surface area contributed by atoms with Crippen LogP contribution in [0.15, 0.2) is 0 Å². The van der Waals surface area contributed by atoms with Gasteiger partial charge in [0.05, 0.1) is 0 Å². The van der Waals surface area contributed by atoms with E-state index < -0.39 is 0 Å². The van der Waals surface area contributed by atoms with Crippen molar-refractivity contribution in [2.24, 2.45) is 0 Å². The zero-order valence-corrected chi connectivity index (χ0v) is 9.56. The van der Waals surface area contributed by atoms with Crippen molar-refractivity contribution in [3.63, 3.8) is 0 Å². The van der Waals surface area contributed by atoms with Gasteiger partial charge in [-0.1, -0.05) is 18.5 Å². The maximum atomic E-state index is 6.01. The summed E-state index contributed by atoms with van der Waals surface area (Å²) in [5, 5.41) is 0.551. The summed E-state index contributed by atoms with van der Waals surface area (Å²) < 4.78 is 5.22. The Morgan fingerprint density at radius 1 is 1.29 bits per heavy atom. The number of aryl methyl sites for hydroxylation is 1. The molecule has 0 saturated carbocycles. The van der Waals surface area contributed by atoms with Crippen molar-refractivity contribution in [1.29, 1.82) is 0 Å². The van der Waals surface area contributed by atoms with Gasteiger partial charge in [-0.3, -0.25) is 0 Å². The lowest BCUT2D eigenvalue weighted by atomic mass is 10.2. The van der Waals surface area contributed by atoms with E-state index in [4.69, 9.17) is 16.3 Å². The molecule has 0 atom stereocenters. The molecule has 1 aromatic heterocycles. The summed E-state index contributed by atoms with van der Waals surface area (Å²) >= 11 is 6.01. The second kappa shape index (κ2) is 5.27. The average molecular weight is 215 g/mol. The fourth-order valence-corrected chi connectivity index (χ4v) is 1.64. The number of hydrogen-bond acceptors (Lipinski definition) is 3. The second-order valence-corrected chi connectivity index (χ2v) is 3.34. The normalized spacial score (nSPS) is 10.6. The molecule has 78 valence electrons. The van der Waals surface area contributed by atoms with Gasteiger partial charge in [-0.2, -0.15) is 0 Å². The van der Waals surface area contributed by atoms with Crippen LogP contribution in [0.5, 0.6) is 0 Å². The third-order valence-electron chi connectivity index (χ3n) is 2.00. The minimum absolute atomic E-state index is 0.432. The molecule has 3 nitrogen and oxygen atoms in total. The fraction of sp³-hybridized carbons (Fsp3) is 0.600. The molecule has 1 rings (SSSR count). The molecular weight excluding hydrogens is 200 g/mol. The number of hydrogen-bond donors (Lipinski definition) is 0. The minimum atomic E-state index is 0.432. The SMILES string of the molecule is CCOCc1nc(C)c(CC)c(Cl)n1. The Balaban J connectivity index is 2.90. The van der Waals surface area contributed by atoms with Crippen LogP contribution in [0.25, 0.3) is 0 Å². The number of ether oxygens (including phenoxy) is 1. The molecule has 0 unspecified atom stereocenters. The first-order chi connectivity index (χ1) is 6.69. The lowest BCUT2D eigenvalue weighted by Crippen LogP contribution is -2.04. The molecule has 0 aliphatic carbocycles. The predicted molar refractivity (Wildman–Crippen MR) is 56.5 cm³/mol. The lowest BCUT2D eigenvalue weighted by Gasteiger charge is -2.07. The van der Waals surface area contributed by atoms with E-state index in [1.54, 1.807) is 0 Å². The predicted octanol–water partition coefficient (Wildman–Crippen LogP) is 2.54. The molecule has 0 aliphatic rings. The van der Waals surface area contributed by atoms with E-state index in [9.17, 15) is 0 Å². The Morgan fingerprint density at radius 3 is 2.50 bits per heavy atom. The molecule has 0 radical (unpaired) electrons. The largest absolute Gasteiger partial charge is 0.374 e. The van der Waals surface area contributed by atoms with Gasteiger partial charge in [0.1, 0.15) is 11.8 Å². The molecule has 0 amide bonds. The van der Waals surface area contributed by atoms with Crippen LogP contribution in [0, 0.1) is 6.92 Å². The molecule has 4 heteroatoms. The third kappa shape index (κ3) is 2.66. The van der Waals surface area contributed by atoms with Crippen LogP contribution in [0.3, 0.4) is 0 Å². The van der Waals surface area contributed by atoms with Crippen LogP contribution in [0.4, 0.5) is 0 Å². The zero-order valence-electron chi connectivity index (χ0n) is 8.80. The van der Waals surface area contributed by atoms with Crippen molar-refractivity contribution < 1.29 is 4.74 Å². The van der Waals surface area contributed by atoms with Gasteiger partial charge in [0, 0.05) is 17.9 Å². The van der Waals surface area contributed by atoms with Crippen LogP contribution in [-0.4, -0.2) is 16.6 Å². The molecule has 0 aromatic carbocycles. The highest BCUT2D eigenvalue weighted by atomic mass is 35.5. The van der Waals surface area contributed by atoms with Gasteiger partial charge < -0.3 is 4.74 Å². The molecule has 0 spiro atoms. The van der Waals surface area contributed by atoms with Crippen LogP contribution < -0.4 is 0 Å². The van der Waals surface area contributed by atoms with Crippen molar-refractivity contribution in [2.75, 3.05) is 6.61 Å². The number of nitrogens with zero attached hydrogens (tertiary/aromatic N) is 2. The van der Waals surface area contributed by atoms with Crippen LogP contribution in [0.2, 0.25) is 5.15 Å². The number of aromatic nitrogens is 2. The van der Waals surface area contributed by atoms with Crippen molar-refractivity contribution in [1.82, 2.24) is 9.97 Å². The molecule has 1 aromatic rings. The monoisotopic (exact) mass is 214 g/mol. The second-order valence-electron chi connectivity index (χ2n) is 2.99. The van der Waals surface area contributed by atoms with Gasteiger partial charge in [0.15, 0.2) is 5.82 Å². The Kier molecular flexibility index (Phi) is 4.29. The van der Waals surface area contributed by atoms with Gasteiger partial charge in [-0.15, -0.1) is 0 Å². The van der Waals surface area contributed by atoms with Crippen LogP contribution in [-0.2, 0) is 17.8 Å². The summed E-state index contributed by atoms with van der Waals surface area (Å²) in [5.41, 5.74) is 1.97. The van der Waals surface area contributed by atoms with Gasteiger partial charge >= 0.3 is 0 Å². The van der Waals surface area contributed by atoms with Gasteiger partial charge in [-0.25, -0.2) is 9.97 Å². The molecule has 14 heavy (non-hydrogen) atoms. The smallest absolute Gasteiger partial charge is 0.155 e. The summed E-state index contributed by atoms with van der Waals surface area (Å²) in [7, 11) is 0. The highest BCUT2D eigenvalue weighted by Gasteiger charge is 2.07. The molecule has 0 aliphatic heterocycles. The molecule has 1 heterocycles. The third-order valence-corrected chi connectivity index (χ3v) is 2.31. The van der Waals surface area contributed by atoms with E-state index in [1.165, 1.54) is 0 Å². The summed E-state index contributed by atoms with van der Waals surface area (Å²) in [5.74, 6) is 0.659. The lowest BCUT2D eigenvalue weighted by molar-refractivity contribution is 0.128. The fourth-order valence-electron chi connectivity index (χ4n) is 1.28. The molecule has 0 saturated heterocycles. The molecular formula is C10H15ClN2O. The maximum absolute atomic E-state index is 6.01. The van der Waals surface area contributed by atoms with E-state index in [1.807, 2.05) is 20.8 Å². The summed E-state index contributed by atoms with van der Waals surface area (Å²) in [6.45, 7) is 7.02. The van der Waals surface area contributed by atoms with Gasteiger partial charge in [0.2, 0.25) is 0 Å². The van der Waals surface area contributed by atoms with Crippen molar-refractivity contribution in [3.05, 3.63) is 22.2 Å². The quantitative estimate of drug-likeness (QED) is 0.723. The zero-order chi connectivity index (χ0) is 10.6. The van der Waals surface area contributed by atoms with Gasteiger partial charge in [-0.05, 0) is 20.3 Å². The minimum Gasteiger partial charge on any atom is -0.374 e. The first-order valence-electron chi connectivity index (χ1n) is 4.78. The van der Waals surface area contributed by atoms with E-state index in [0.29, 0.717) is 24.2 Å². The summed E-state index contributed by atoms with van der Waals surface area (Å²) in [4.78, 5) is 8.49. The van der Waals surface area contributed by atoms with E-state index >= 15 is 0 Å². The topological polar surface area (TPSA) is 35.0 Å². The van der Waals surface area contributed by atoms with Crippen molar-refractivity contribution in [3.8, 4) is 0 Å². The Morgan fingerprint density at radius 2 is 2.00 bits per heavy atom. The van der Waals surface area contributed by atoms with Crippen LogP contribution in [0.1, 0.15) is 30.9 Å². The van der Waals surface area contributed by atoms with Crippen molar-refractivity contribution in [2.45, 2.75) is 33.8 Å². The first-order valence-corrected chi connectivity index (χ1v) is 5.16. The number of halogens is 1. The van der Waals surface area contributed by atoms with E-state index in [-0.39, 0.29) is 0 Å². The average Bonchev–Trinajstić information content (AvgIpc) is 2.14. The molecule has 0 N–H and O–H groups in total. The Hall–Kier alpha value is -0.670. The van der Waals surface area contributed by atoms with E-state index in [2.05, 4.69) is 9.97 Å². The molecule has 0 bridgehead atoms. The highest BCUT2D eigenvalue weighted by molar-refractivity contribution is 6.30. The number of rotatable bonds is 4.